The number of halogens is 1. The fourth-order valence-electron chi connectivity index (χ4n) is 2.03. The molecule has 1 saturated carbocycles. The van der Waals surface area contributed by atoms with Gasteiger partial charge in [-0.25, -0.2) is 4.39 Å². The Kier molecular flexibility index (Phi) is 2.81. The zero-order chi connectivity index (χ0) is 12.6. The van der Waals surface area contributed by atoms with Crippen molar-refractivity contribution in [3.05, 3.63) is 29.6 Å². The Morgan fingerprint density at radius 1 is 1.47 bits per heavy atom. The predicted octanol–water partition coefficient (Wildman–Crippen LogP) is 2.30. The van der Waals surface area contributed by atoms with Crippen molar-refractivity contribution >= 4 is 11.7 Å². The zero-order valence-corrected chi connectivity index (χ0v) is 10.0. The summed E-state index contributed by atoms with van der Waals surface area (Å²) in [6.07, 6.45) is 1.81. The largest absolute Gasteiger partial charge is 0.481 e. The number of carboxylic acid groups (broad SMARTS) is 1. The Balaban J connectivity index is 2.19. The highest BCUT2D eigenvalue weighted by Crippen LogP contribution is 2.48. The second-order valence-corrected chi connectivity index (χ2v) is 4.94. The van der Waals surface area contributed by atoms with Crippen molar-refractivity contribution < 1.29 is 14.3 Å². The highest BCUT2D eigenvalue weighted by molar-refractivity contribution is 5.78. The van der Waals surface area contributed by atoms with E-state index in [2.05, 4.69) is 0 Å². The number of nitrogens with zero attached hydrogens (tertiary/aromatic N) is 1. The average Bonchev–Trinajstić information content (AvgIpc) is 2.98. The summed E-state index contributed by atoms with van der Waals surface area (Å²) in [4.78, 5) is 12.7. The first-order valence-corrected chi connectivity index (χ1v) is 5.64. The number of hydrogen-bond donors (Lipinski definition) is 1. The van der Waals surface area contributed by atoms with Crippen LogP contribution in [0.5, 0.6) is 0 Å². The molecule has 4 heteroatoms. The number of carboxylic acids is 1. The van der Waals surface area contributed by atoms with Crippen molar-refractivity contribution in [1.82, 2.24) is 0 Å². The normalized spacial score (nSPS) is 16.6. The topological polar surface area (TPSA) is 40.5 Å². The standard InChI is InChI=1S/C13H16FNO2/c1-15(2)11-4-3-9(7-10(11)14)8-13(5-6-13)12(16)17/h3-4,7H,5-6,8H2,1-2H3,(H,16,17). The van der Waals surface area contributed by atoms with E-state index in [4.69, 9.17) is 5.11 Å². The van der Waals surface area contributed by atoms with Crippen LogP contribution in [0.2, 0.25) is 0 Å². The second kappa shape index (κ2) is 4.02. The molecule has 92 valence electrons. The van der Waals surface area contributed by atoms with E-state index in [-0.39, 0.29) is 5.82 Å². The fraction of sp³-hybridized carbons (Fsp3) is 0.462. The first kappa shape index (κ1) is 11.9. The first-order chi connectivity index (χ1) is 7.94. The van der Waals surface area contributed by atoms with Crippen LogP contribution in [0.3, 0.4) is 0 Å². The van der Waals surface area contributed by atoms with E-state index in [0.29, 0.717) is 24.9 Å². The van der Waals surface area contributed by atoms with Gasteiger partial charge in [0.1, 0.15) is 5.82 Å². The van der Waals surface area contributed by atoms with E-state index >= 15 is 0 Å². The van der Waals surface area contributed by atoms with Gasteiger partial charge in [0.15, 0.2) is 0 Å². The van der Waals surface area contributed by atoms with Gasteiger partial charge in [-0.2, -0.15) is 0 Å². The number of benzene rings is 1. The third-order valence-corrected chi connectivity index (χ3v) is 3.34. The highest BCUT2D eigenvalue weighted by Gasteiger charge is 2.49. The van der Waals surface area contributed by atoms with E-state index < -0.39 is 11.4 Å². The number of rotatable bonds is 4. The Morgan fingerprint density at radius 2 is 2.12 bits per heavy atom. The summed E-state index contributed by atoms with van der Waals surface area (Å²) in [5.74, 6) is -1.07. The van der Waals surface area contributed by atoms with E-state index in [9.17, 15) is 9.18 Å². The molecule has 0 spiro atoms. The predicted molar refractivity (Wildman–Crippen MR) is 63.7 cm³/mol. The van der Waals surface area contributed by atoms with Gasteiger partial charge in [-0.3, -0.25) is 4.79 Å². The minimum atomic E-state index is -0.769. The van der Waals surface area contributed by atoms with E-state index in [0.717, 1.165) is 5.56 Å². The van der Waals surface area contributed by atoms with Gasteiger partial charge in [0.25, 0.3) is 0 Å². The van der Waals surface area contributed by atoms with Gasteiger partial charge in [0.2, 0.25) is 0 Å². The highest BCUT2D eigenvalue weighted by atomic mass is 19.1. The Bertz CT molecular complexity index is 453. The van der Waals surface area contributed by atoms with Crippen molar-refractivity contribution in [1.29, 1.82) is 0 Å². The van der Waals surface area contributed by atoms with Gasteiger partial charge in [-0.05, 0) is 37.0 Å². The molecular formula is C13H16FNO2. The summed E-state index contributed by atoms with van der Waals surface area (Å²) in [5.41, 5.74) is 0.647. The zero-order valence-electron chi connectivity index (χ0n) is 10.0. The molecule has 0 aliphatic heterocycles. The molecule has 1 fully saturated rings. The summed E-state index contributed by atoms with van der Waals surface area (Å²) in [6.45, 7) is 0. The summed E-state index contributed by atoms with van der Waals surface area (Å²) < 4.78 is 13.7. The third-order valence-electron chi connectivity index (χ3n) is 3.34. The molecule has 0 saturated heterocycles. The molecule has 0 unspecified atom stereocenters. The molecular weight excluding hydrogens is 221 g/mol. The molecule has 0 atom stereocenters. The van der Waals surface area contributed by atoms with Gasteiger partial charge in [0, 0.05) is 14.1 Å². The van der Waals surface area contributed by atoms with Crippen LogP contribution in [0, 0.1) is 11.2 Å². The van der Waals surface area contributed by atoms with Crippen molar-refractivity contribution in [2.24, 2.45) is 5.41 Å². The number of hydrogen-bond acceptors (Lipinski definition) is 2. The van der Waals surface area contributed by atoms with Crippen molar-refractivity contribution in [3.8, 4) is 0 Å². The lowest BCUT2D eigenvalue weighted by Crippen LogP contribution is -2.18. The van der Waals surface area contributed by atoms with E-state index in [1.165, 1.54) is 6.07 Å². The quantitative estimate of drug-likeness (QED) is 0.873. The van der Waals surface area contributed by atoms with Gasteiger partial charge in [-0.1, -0.05) is 6.07 Å². The van der Waals surface area contributed by atoms with Crippen LogP contribution >= 0.6 is 0 Å². The van der Waals surface area contributed by atoms with Crippen molar-refractivity contribution in [2.45, 2.75) is 19.3 Å². The molecule has 0 bridgehead atoms. The summed E-state index contributed by atoms with van der Waals surface area (Å²) in [7, 11) is 3.55. The lowest BCUT2D eigenvalue weighted by molar-refractivity contribution is -0.143. The Morgan fingerprint density at radius 3 is 2.53 bits per heavy atom. The van der Waals surface area contributed by atoms with Crippen LogP contribution in [0.4, 0.5) is 10.1 Å². The van der Waals surface area contributed by atoms with Gasteiger partial charge >= 0.3 is 5.97 Å². The molecule has 1 aliphatic rings. The lowest BCUT2D eigenvalue weighted by Gasteiger charge is -2.15. The molecule has 1 aliphatic carbocycles. The lowest BCUT2D eigenvalue weighted by atomic mass is 9.96. The molecule has 1 aromatic carbocycles. The maximum Gasteiger partial charge on any atom is 0.309 e. The van der Waals surface area contributed by atoms with Crippen LogP contribution in [0.25, 0.3) is 0 Å². The molecule has 0 heterocycles. The van der Waals surface area contributed by atoms with Gasteiger partial charge < -0.3 is 10.0 Å². The smallest absolute Gasteiger partial charge is 0.309 e. The second-order valence-electron chi connectivity index (χ2n) is 4.94. The minimum Gasteiger partial charge on any atom is -0.481 e. The molecule has 1 aromatic rings. The van der Waals surface area contributed by atoms with Crippen molar-refractivity contribution in [2.75, 3.05) is 19.0 Å². The molecule has 0 radical (unpaired) electrons. The van der Waals surface area contributed by atoms with Crippen LogP contribution in [0.1, 0.15) is 18.4 Å². The maximum atomic E-state index is 13.7. The maximum absolute atomic E-state index is 13.7. The van der Waals surface area contributed by atoms with Crippen molar-refractivity contribution in [3.63, 3.8) is 0 Å². The summed E-state index contributed by atoms with van der Waals surface area (Å²) in [5, 5.41) is 9.08. The third kappa shape index (κ3) is 2.25. The number of anilines is 1. The number of carbonyl (C=O) groups is 1. The Hall–Kier alpha value is -1.58. The minimum absolute atomic E-state index is 0.298. The van der Waals surface area contributed by atoms with Gasteiger partial charge in [0.05, 0.1) is 11.1 Å². The van der Waals surface area contributed by atoms with E-state index in [1.807, 2.05) is 0 Å². The van der Waals surface area contributed by atoms with E-state index in [1.54, 1.807) is 31.1 Å². The first-order valence-electron chi connectivity index (χ1n) is 5.64. The number of aliphatic carboxylic acids is 1. The Labute approximate surface area is 99.9 Å². The molecule has 0 aromatic heterocycles. The van der Waals surface area contributed by atoms with Crippen LogP contribution in [0.15, 0.2) is 18.2 Å². The van der Waals surface area contributed by atoms with Crippen LogP contribution < -0.4 is 4.90 Å². The average molecular weight is 237 g/mol. The SMILES string of the molecule is CN(C)c1ccc(CC2(C(=O)O)CC2)cc1F. The molecule has 17 heavy (non-hydrogen) atoms. The molecule has 3 nitrogen and oxygen atoms in total. The van der Waals surface area contributed by atoms with Crippen LogP contribution in [-0.2, 0) is 11.2 Å². The molecule has 2 rings (SSSR count). The fourth-order valence-corrected chi connectivity index (χ4v) is 2.03. The molecule has 0 amide bonds. The monoisotopic (exact) mass is 237 g/mol. The summed E-state index contributed by atoms with van der Waals surface area (Å²) in [6, 6.07) is 4.95. The summed E-state index contributed by atoms with van der Waals surface area (Å²) >= 11 is 0. The van der Waals surface area contributed by atoms with Gasteiger partial charge in [-0.15, -0.1) is 0 Å². The van der Waals surface area contributed by atoms with Crippen LogP contribution in [-0.4, -0.2) is 25.2 Å². The molecule has 1 N–H and O–H groups in total.